The van der Waals surface area contributed by atoms with E-state index < -0.39 is 5.82 Å². The van der Waals surface area contributed by atoms with Crippen LogP contribution in [0.1, 0.15) is 53.7 Å². The Bertz CT molecular complexity index is 949. The van der Waals surface area contributed by atoms with Crippen molar-refractivity contribution in [3.05, 3.63) is 59.4 Å². The van der Waals surface area contributed by atoms with Gasteiger partial charge < -0.3 is 13.9 Å². The van der Waals surface area contributed by atoms with Crippen LogP contribution in [0.25, 0.3) is 11.3 Å². The maximum absolute atomic E-state index is 14.0. The van der Waals surface area contributed by atoms with Gasteiger partial charge in [0.05, 0.1) is 11.7 Å². The number of hydrogen-bond donors (Lipinski definition) is 0. The van der Waals surface area contributed by atoms with E-state index in [2.05, 4.69) is 10.3 Å². The van der Waals surface area contributed by atoms with Gasteiger partial charge in [-0.3, -0.25) is 4.79 Å². The highest BCUT2D eigenvalue weighted by atomic mass is 19.1. The number of halogens is 1. The number of aryl methyl sites for hydroxylation is 1. The number of rotatable bonds is 3. The third-order valence-corrected chi connectivity index (χ3v) is 4.86. The molecule has 0 bridgehead atoms. The van der Waals surface area contributed by atoms with E-state index in [0.717, 1.165) is 31.4 Å². The molecule has 1 saturated heterocycles. The van der Waals surface area contributed by atoms with Gasteiger partial charge in [0.1, 0.15) is 11.5 Å². The Morgan fingerprint density at radius 3 is 2.78 bits per heavy atom. The molecule has 3 aromatic rings. The Labute approximate surface area is 155 Å². The molecule has 0 radical (unpaired) electrons. The molecule has 1 fully saturated rings. The fourth-order valence-corrected chi connectivity index (χ4v) is 3.50. The van der Waals surface area contributed by atoms with E-state index in [4.69, 9.17) is 9.05 Å². The van der Waals surface area contributed by atoms with Crippen LogP contribution in [0.4, 0.5) is 4.39 Å². The zero-order valence-corrected chi connectivity index (χ0v) is 15.0. The summed E-state index contributed by atoms with van der Waals surface area (Å²) < 4.78 is 24.7. The minimum Gasteiger partial charge on any atom is -0.359 e. The molecule has 4 rings (SSSR count). The average molecular weight is 369 g/mol. The summed E-state index contributed by atoms with van der Waals surface area (Å²) >= 11 is 0. The SMILES string of the molecule is Cc1cc([C@@H]2CCCCCN2C(=O)c2cc(-c3ccccc3F)no2)on1. The largest absolute Gasteiger partial charge is 0.359 e. The van der Waals surface area contributed by atoms with Crippen LogP contribution < -0.4 is 0 Å². The summed E-state index contributed by atoms with van der Waals surface area (Å²) in [7, 11) is 0. The molecule has 0 N–H and O–H groups in total. The Morgan fingerprint density at radius 1 is 1.15 bits per heavy atom. The fraction of sp³-hybridized carbons (Fsp3) is 0.350. The minimum atomic E-state index is -0.408. The summed E-state index contributed by atoms with van der Waals surface area (Å²) in [5, 5.41) is 7.84. The molecular formula is C20H20FN3O3. The van der Waals surface area contributed by atoms with Crippen molar-refractivity contribution in [2.75, 3.05) is 6.54 Å². The first-order chi connectivity index (χ1) is 13.1. The zero-order chi connectivity index (χ0) is 18.8. The average Bonchev–Trinajstić information content (AvgIpc) is 3.25. The Hall–Kier alpha value is -2.96. The number of benzene rings is 1. The second-order valence-electron chi connectivity index (χ2n) is 6.79. The number of aromatic nitrogens is 2. The third kappa shape index (κ3) is 3.49. The monoisotopic (exact) mass is 369 g/mol. The summed E-state index contributed by atoms with van der Waals surface area (Å²) in [6.07, 6.45) is 3.76. The second kappa shape index (κ2) is 7.34. The van der Waals surface area contributed by atoms with E-state index in [9.17, 15) is 9.18 Å². The lowest BCUT2D eigenvalue weighted by Gasteiger charge is -2.27. The predicted octanol–water partition coefficient (Wildman–Crippen LogP) is 4.53. The van der Waals surface area contributed by atoms with Gasteiger partial charge in [0.25, 0.3) is 5.91 Å². The molecule has 1 amide bonds. The van der Waals surface area contributed by atoms with Gasteiger partial charge in [-0.2, -0.15) is 0 Å². The minimum absolute atomic E-state index is 0.0939. The van der Waals surface area contributed by atoms with Crippen LogP contribution in [0, 0.1) is 12.7 Å². The van der Waals surface area contributed by atoms with E-state index in [1.807, 2.05) is 13.0 Å². The van der Waals surface area contributed by atoms with Crippen LogP contribution in [-0.4, -0.2) is 27.7 Å². The number of carbonyl (C=O) groups is 1. The van der Waals surface area contributed by atoms with Gasteiger partial charge in [0.2, 0.25) is 5.76 Å². The van der Waals surface area contributed by atoms with Crippen molar-refractivity contribution >= 4 is 5.91 Å². The predicted molar refractivity (Wildman–Crippen MR) is 95.4 cm³/mol. The molecule has 0 unspecified atom stereocenters. The van der Waals surface area contributed by atoms with Crippen molar-refractivity contribution in [3.63, 3.8) is 0 Å². The Balaban J connectivity index is 1.63. The first-order valence-corrected chi connectivity index (χ1v) is 9.09. The normalized spacial score (nSPS) is 17.7. The maximum Gasteiger partial charge on any atom is 0.293 e. The Kier molecular flexibility index (Phi) is 4.75. The number of likely N-dealkylation sites (tertiary alicyclic amines) is 1. The molecular weight excluding hydrogens is 349 g/mol. The van der Waals surface area contributed by atoms with E-state index in [0.29, 0.717) is 23.6 Å². The van der Waals surface area contributed by atoms with Gasteiger partial charge in [-0.05, 0) is 31.9 Å². The molecule has 27 heavy (non-hydrogen) atoms. The van der Waals surface area contributed by atoms with Crippen molar-refractivity contribution in [1.29, 1.82) is 0 Å². The van der Waals surface area contributed by atoms with Crippen LogP contribution in [0.5, 0.6) is 0 Å². The third-order valence-electron chi connectivity index (χ3n) is 4.86. The highest BCUT2D eigenvalue weighted by Crippen LogP contribution is 2.32. The highest BCUT2D eigenvalue weighted by molar-refractivity contribution is 5.92. The molecule has 0 aliphatic carbocycles. The summed E-state index contributed by atoms with van der Waals surface area (Å²) in [6.45, 7) is 2.45. The summed E-state index contributed by atoms with van der Waals surface area (Å²) in [6, 6.07) is 9.44. The van der Waals surface area contributed by atoms with Gasteiger partial charge in [-0.1, -0.05) is 35.3 Å². The van der Waals surface area contributed by atoms with Crippen molar-refractivity contribution in [1.82, 2.24) is 15.2 Å². The number of nitrogens with zero attached hydrogens (tertiary/aromatic N) is 3. The molecule has 6 nitrogen and oxygen atoms in total. The van der Waals surface area contributed by atoms with E-state index >= 15 is 0 Å². The Morgan fingerprint density at radius 2 is 2.00 bits per heavy atom. The molecule has 0 saturated carbocycles. The van der Waals surface area contributed by atoms with Gasteiger partial charge in [0, 0.05) is 24.2 Å². The van der Waals surface area contributed by atoms with Crippen LogP contribution in [0.3, 0.4) is 0 Å². The van der Waals surface area contributed by atoms with Crippen molar-refractivity contribution in [3.8, 4) is 11.3 Å². The zero-order valence-electron chi connectivity index (χ0n) is 15.0. The maximum atomic E-state index is 14.0. The second-order valence-corrected chi connectivity index (χ2v) is 6.79. The molecule has 1 aromatic carbocycles. The van der Waals surface area contributed by atoms with Crippen LogP contribution in [0.2, 0.25) is 0 Å². The van der Waals surface area contributed by atoms with Gasteiger partial charge in [-0.25, -0.2) is 4.39 Å². The molecule has 140 valence electrons. The number of hydrogen-bond acceptors (Lipinski definition) is 5. The lowest BCUT2D eigenvalue weighted by atomic mass is 10.1. The van der Waals surface area contributed by atoms with Crippen molar-refractivity contribution < 1.29 is 18.2 Å². The smallest absolute Gasteiger partial charge is 0.293 e. The fourth-order valence-electron chi connectivity index (χ4n) is 3.50. The van der Waals surface area contributed by atoms with Crippen LogP contribution >= 0.6 is 0 Å². The van der Waals surface area contributed by atoms with E-state index in [-0.39, 0.29) is 17.7 Å². The van der Waals surface area contributed by atoms with E-state index in [1.165, 1.54) is 12.1 Å². The van der Waals surface area contributed by atoms with Gasteiger partial charge >= 0.3 is 0 Å². The number of amides is 1. The molecule has 1 aliphatic heterocycles. The lowest BCUT2D eigenvalue weighted by molar-refractivity contribution is 0.0609. The molecule has 2 aromatic heterocycles. The summed E-state index contributed by atoms with van der Waals surface area (Å²) in [5.41, 5.74) is 1.39. The topological polar surface area (TPSA) is 72.4 Å². The summed E-state index contributed by atoms with van der Waals surface area (Å²) in [4.78, 5) is 14.9. The van der Waals surface area contributed by atoms with E-state index in [1.54, 1.807) is 23.1 Å². The molecule has 3 heterocycles. The standard InChI is InChI=1S/C20H20FN3O3/c1-13-11-18(26-22-13)17-9-3-2-6-10-24(17)20(25)19-12-16(23-27-19)14-7-4-5-8-15(14)21/h4-5,7-8,11-12,17H,2-3,6,9-10H2,1H3/t17-/m0/s1. The van der Waals surface area contributed by atoms with Crippen LogP contribution in [0.15, 0.2) is 45.4 Å². The van der Waals surface area contributed by atoms with Crippen LogP contribution in [-0.2, 0) is 0 Å². The molecule has 7 heteroatoms. The van der Waals surface area contributed by atoms with Crippen molar-refractivity contribution in [2.45, 2.75) is 38.6 Å². The number of carbonyl (C=O) groups excluding carboxylic acids is 1. The quantitative estimate of drug-likeness (QED) is 0.678. The molecule has 1 atom stereocenters. The highest BCUT2D eigenvalue weighted by Gasteiger charge is 2.32. The first-order valence-electron chi connectivity index (χ1n) is 9.09. The first kappa shape index (κ1) is 17.5. The van der Waals surface area contributed by atoms with Gasteiger partial charge in [-0.15, -0.1) is 0 Å². The molecule has 1 aliphatic rings. The molecule has 0 spiro atoms. The lowest BCUT2D eigenvalue weighted by Crippen LogP contribution is -2.34. The van der Waals surface area contributed by atoms with Crippen molar-refractivity contribution in [2.24, 2.45) is 0 Å². The summed E-state index contributed by atoms with van der Waals surface area (Å²) in [5.74, 6) is 0.0913. The van der Waals surface area contributed by atoms with Gasteiger partial charge in [0.15, 0.2) is 5.76 Å².